The topological polar surface area (TPSA) is 35.2 Å². The Balaban J connectivity index is 2.17. The van der Waals surface area contributed by atoms with Gasteiger partial charge in [0.25, 0.3) is 0 Å². The molecule has 1 aliphatic rings. The molecule has 2 N–H and O–H groups in total. The zero-order valence-electron chi connectivity index (χ0n) is 10.7. The van der Waals surface area contributed by atoms with Gasteiger partial charge in [0.05, 0.1) is 13.2 Å². The zero-order chi connectivity index (χ0) is 12.7. The summed E-state index contributed by atoms with van der Waals surface area (Å²) in [7, 11) is 1.69. The number of benzene rings is 2. The number of methoxy groups -OCH3 is 1. The van der Waals surface area contributed by atoms with Gasteiger partial charge < -0.3 is 10.5 Å². The van der Waals surface area contributed by atoms with Gasteiger partial charge in [-0.3, -0.25) is 0 Å². The Morgan fingerprint density at radius 2 is 1.72 bits per heavy atom. The molecule has 0 bridgehead atoms. The highest BCUT2D eigenvalue weighted by Crippen LogP contribution is 2.43. The quantitative estimate of drug-likeness (QED) is 0.872. The third kappa shape index (κ3) is 1.53. The molecule has 2 aromatic carbocycles. The molecule has 0 heterocycles. The maximum atomic E-state index is 6.35. The molecule has 1 aliphatic carbocycles. The van der Waals surface area contributed by atoms with Crippen LogP contribution in [0.5, 0.6) is 5.75 Å². The lowest BCUT2D eigenvalue weighted by atomic mass is 10.0. The Kier molecular flexibility index (Phi) is 2.60. The van der Waals surface area contributed by atoms with Gasteiger partial charge in [0, 0.05) is 0 Å². The van der Waals surface area contributed by atoms with Crippen molar-refractivity contribution in [2.75, 3.05) is 7.11 Å². The molecule has 2 aromatic rings. The maximum absolute atomic E-state index is 6.35. The van der Waals surface area contributed by atoms with E-state index in [1.807, 2.05) is 12.1 Å². The van der Waals surface area contributed by atoms with E-state index in [-0.39, 0.29) is 6.04 Å². The molecule has 1 unspecified atom stereocenters. The van der Waals surface area contributed by atoms with E-state index in [0.29, 0.717) is 0 Å². The number of aryl methyl sites for hydroxylation is 1. The average molecular weight is 239 g/mol. The Labute approximate surface area is 107 Å². The molecule has 3 rings (SSSR count). The molecule has 0 aliphatic heterocycles. The van der Waals surface area contributed by atoms with E-state index in [9.17, 15) is 0 Å². The van der Waals surface area contributed by atoms with Crippen molar-refractivity contribution in [1.82, 2.24) is 0 Å². The first kappa shape index (κ1) is 11.3. The first-order chi connectivity index (χ1) is 8.74. The van der Waals surface area contributed by atoms with Crippen LogP contribution in [-0.2, 0) is 6.42 Å². The summed E-state index contributed by atoms with van der Waals surface area (Å²) < 4.78 is 5.28. The standard InChI is InChI=1S/C16H17NO/c1-3-10-4-6-12-13-7-5-11(18-2)9-15(13)16(17)14(12)8-10/h4-9,16H,3,17H2,1-2H3. The third-order valence-electron chi connectivity index (χ3n) is 3.74. The number of rotatable bonds is 2. The van der Waals surface area contributed by atoms with E-state index >= 15 is 0 Å². The van der Waals surface area contributed by atoms with Gasteiger partial charge in [0.2, 0.25) is 0 Å². The van der Waals surface area contributed by atoms with E-state index in [1.54, 1.807) is 7.11 Å². The minimum Gasteiger partial charge on any atom is -0.497 e. The summed E-state index contributed by atoms with van der Waals surface area (Å²) in [5.41, 5.74) is 12.6. The van der Waals surface area contributed by atoms with Crippen LogP contribution in [-0.4, -0.2) is 7.11 Å². The maximum Gasteiger partial charge on any atom is 0.119 e. The van der Waals surface area contributed by atoms with Crippen molar-refractivity contribution in [2.24, 2.45) is 5.73 Å². The second-order valence-corrected chi connectivity index (χ2v) is 4.71. The average Bonchev–Trinajstić information content (AvgIpc) is 2.71. The van der Waals surface area contributed by atoms with Gasteiger partial charge in [0.15, 0.2) is 0 Å². The van der Waals surface area contributed by atoms with Crippen LogP contribution < -0.4 is 10.5 Å². The Morgan fingerprint density at radius 3 is 2.39 bits per heavy atom. The fourth-order valence-corrected chi connectivity index (χ4v) is 2.67. The van der Waals surface area contributed by atoms with Crippen LogP contribution in [0.25, 0.3) is 11.1 Å². The van der Waals surface area contributed by atoms with Gasteiger partial charge in [-0.15, -0.1) is 0 Å². The molecule has 1 atom stereocenters. The van der Waals surface area contributed by atoms with Crippen LogP contribution in [0.15, 0.2) is 36.4 Å². The summed E-state index contributed by atoms with van der Waals surface area (Å²) in [6, 6.07) is 12.7. The van der Waals surface area contributed by atoms with E-state index in [2.05, 4.69) is 31.2 Å². The molecule has 2 heteroatoms. The van der Waals surface area contributed by atoms with Gasteiger partial charge in [-0.2, -0.15) is 0 Å². The SMILES string of the molecule is CCc1ccc2c(c1)C(N)c1cc(OC)ccc1-2. The lowest BCUT2D eigenvalue weighted by molar-refractivity contribution is 0.414. The summed E-state index contributed by atoms with van der Waals surface area (Å²) in [5.74, 6) is 0.868. The third-order valence-corrected chi connectivity index (χ3v) is 3.74. The second-order valence-electron chi connectivity index (χ2n) is 4.71. The molecule has 0 radical (unpaired) electrons. The number of hydrogen-bond acceptors (Lipinski definition) is 2. The van der Waals surface area contributed by atoms with Crippen LogP contribution >= 0.6 is 0 Å². The van der Waals surface area contributed by atoms with Crippen LogP contribution in [0.1, 0.15) is 29.7 Å². The molecular formula is C16H17NO. The van der Waals surface area contributed by atoms with E-state index in [1.165, 1.54) is 22.3 Å². The highest BCUT2D eigenvalue weighted by molar-refractivity contribution is 5.79. The first-order valence-corrected chi connectivity index (χ1v) is 6.31. The van der Waals surface area contributed by atoms with Gasteiger partial charge in [-0.05, 0) is 46.4 Å². The van der Waals surface area contributed by atoms with Gasteiger partial charge in [0.1, 0.15) is 5.75 Å². The second kappa shape index (κ2) is 4.14. The van der Waals surface area contributed by atoms with E-state index < -0.39 is 0 Å². The fraction of sp³-hybridized carbons (Fsp3) is 0.250. The summed E-state index contributed by atoms with van der Waals surface area (Å²) in [4.78, 5) is 0. The van der Waals surface area contributed by atoms with Crippen molar-refractivity contribution in [1.29, 1.82) is 0 Å². The van der Waals surface area contributed by atoms with Crippen molar-refractivity contribution >= 4 is 0 Å². The zero-order valence-corrected chi connectivity index (χ0v) is 10.7. The lowest BCUT2D eigenvalue weighted by Gasteiger charge is -2.08. The number of fused-ring (bicyclic) bond motifs is 3. The highest BCUT2D eigenvalue weighted by atomic mass is 16.5. The molecule has 0 saturated heterocycles. The van der Waals surface area contributed by atoms with Crippen molar-refractivity contribution in [3.63, 3.8) is 0 Å². The molecule has 0 fully saturated rings. The predicted octanol–water partition coefficient (Wildman–Crippen LogP) is 3.29. The van der Waals surface area contributed by atoms with Crippen molar-refractivity contribution in [2.45, 2.75) is 19.4 Å². The Hall–Kier alpha value is -1.80. The molecule has 18 heavy (non-hydrogen) atoms. The van der Waals surface area contributed by atoms with Crippen LogP contribution in [0, 0.1) is 0 Å². The number of hydrogen-bond donors (Lipinski definition) is 1. The minimum absolute atomic E-state index is 0.0309. The van der Waals surface area contributed by atoms with E-state index in [0.717, 1.165) is 17.7 Å². The highest BCUT2D eigenvalue weighted by Gasteiger charge is 2.26. The largest absolute Gasteiger partial charge is 0.497 e. The molecule has 2 nitrogen and oxygen atoms in total. The molecule has 0 aromatic heterocycles. The van der Waals surface area contributed by atoms with Gasteiger partial charge in [-0.1, -0.05) is 31.2 Å². The minimum atomic E-state index is -0.0309. The van der Waals surface area contributed by atoms with E-state index in [4.69, 9.17) is 10.5 Å². The number of nitrogens with two attached hydrogens (primary N) is 1. The molecule has 92 valence electrons. The van der Waals surface area contributed by atoms with Crippen LogP contribution in [0.4, 0.5) is 0 Å². The Morgan fingerprint density at radius 1 is 1.06 bits per heavy atom. The smallest absolute Gasteiger partial charge is 0.119 e. The van der Waals surface area contributed by atoms with Crippen LogP contribution in [0.3, 0.4) is 0 Å². The van der Waals surface area contributed by atoms with Crippen molar-refractivity contribution in [3.8, 4) is 16.9 Å². The summed E-state index contributed by atoms with van der Waals surface area (Å²) in [6.07, 6.45) is 1.04. The Bertz CT molecular complexity index is 551. The normalized spacial score (nSPS) is 16.3. The predicted molar refractivity (Wildman–Crippen MR) is 73.8 cm³/mol. The lowest BCUT2D eigenvalue weighted by Crippen LogP contribution is -2.08. The monoisotopic (exact) mass is 239 g/mol. The molecule has 0 amide bonds. The fourth-order valence-electron chi connectivity index (χ4n) is 2.67. The van der Waals surface area contributed by atoms with Gasteiger partial charge >= 0.3 is 0 Å². The molecular weight excluding hydrogens is 222 g/mol. The number of ether oxygens (including phenoxy) is 1. The summed E-state index contributed by atoms with van der Waals surface area (Å²) >= 11 is 0. The van der Waals surface area contributed by atoms with Crippen molar-refractivity contribution in [3.05, 3.63) is 53.1 Å². The van der Waals surface area contributed by atoms with Crippen LogP contribution in [0.2, 0.25) is 0 Å². The molecule has 0 spiro atoms. The summed E-state index contributed by atoms with van der Waals surface area (Å²) in [6.45, 7) is 2.17. The van der Waals surface area contributed by atoms with Gasteiger partial charge in [-0.25, -0.2) is 0 Å². The first-order valence-electron chi connectivity index (χ1n) is 6.31. The summed E-state index contributed by atoms with van der Waals surface area (Å²) in [5, 5.41) is 0. The molecule has 0 saturated carbocycles. The van der Waals surface area contributed by atoms with Crippen molar-refractivity contribution < 1.29 is 4.74 Å².